The molecule has 1 fully saturated rings. The predicted molar refractivity (Wildman–Crippen MR) is 110 cm³/mol. The first-order valence-electron chi connectivity index (χ1n) is 10.2. The van der Waals surface area contributed by atoms with E-state index in [0.29, 0.717) is 6.54 Å². The van der Waals surface area contributed by atoms with Crippen molar-refractivity contribution in [1.29, 1.82) is 0 Å². The van der Waals surface area contributed by atoms with Crippen LogP contribution in [0.1, 0.15) is 55.6 Å². The molecule has 4 nitrogen and oxygen atoms in total. The predicted octanol–water partition coefficient (Wildman–Crippen LogP) is 4.54. The molecule has 0 unspecified atom stereocenters. The standard InChI is InChI=1S/C24H29NO3/c1-28-22(26)17-18-25(21-15-9-4-10-16-21)24(27)23(19-11-5-2-6-12-19)20-13-7-3-8-14-20/h2-3,5-8,11-14,21,23H,4,9-10,15-18H2,1H3. The summed E-state index contributed by atoms with van der Waals surface area (Å²) in [4.78, 5) is 27.5. The maximum absolute atomic E-state index is 13.8. The molecule has 0 atom stereocenters. The second kappa shape index (κ2) is 10.1. The van der Waals surface area contributed by atoms with Crippen molar-refractivity contribution in [1.82, 2.24) is 4.90 Å². The lowest BCUT2D eigenvalue weighted by Gasteiger charge is -2.36. The molecule has 3 rings (SSSR count). The number of esters is 1. The highest BCUT2D eigenvalue weighted by Gasteiger charge is 2.32. The minimum atomic E-state index is -0.359. The molecule has 1 aliphatic carbocycles. The smallest absolute Gasteiger partial charge is 0.307 e. The van der Waals surface area contributed by atoms with Crippen molar-refractivity contribution in [3.63, 3.8) is 0 Å². The van der Waals surface area contributed by atoms with Crippen LogP contribution in [0.25, 0.3) is 0 Å². The van der Waals surface area contributed by atoms with Gasteiger partial charge in [-0.15, -0.1) is 0 Å². The van der Waals surface area contributed by atoms with E-state index < -0.39 is 0 Å². The molecule has 0 N–H and O–H groups in total. The van der Waals surface area contributed by atoms with E-state index >= 15 is 0 Å². The van der Waals surface area contributed by atoms with E-state index in [1.165, 1.54) is 13.5 Å². The number of carbonyl (C=O) groups excluding carboxylic acids is 2. The fourth-order valence-corrected chi connectivity index (χ4v) is 4.11. The fourth-order valence-electron chi connectivity index (χ4n) is 4.11. The maximum atomic E-state index is 13.8. The van der Waals surface area contributed by atoms with Crippen LogP contribution in [0.5, 0.6) is 0 Å². The SMILES string of the molecule is COC(=O)CCN(C(=O)C(c1ccccc1)c1ccccc1)C1CCCCC1. The number of rotatable bonds is 7. The first-order valence-corrected chi connectivity index (χ1v) is 10.2. The van der Waals surface area contributed by atoms with E-state index in [1.807, 2.05) is 65.6 Å². The Kier molecular flexibility index (Phi) is 7.24. The average molecular weight is 380 g/mol. The minimum Gasteiger partial charge on any atom is -0.469 e. The highest BCUT2D eigenvalue weighted by molar-refractivity contribution is 5.88. The van der Waals surface area contributed by atoms with Crippen LogP contribution >= 0.6 is 0 Å². The van der Waals surface area contributed by atoms with E-state index in [4.69, 9.17) is 4.74 Å². The molecule has 0 saturated heterocycles. The van der Waals surface area contributed by atoms with Crippen LogP contribution in [-0.4, -0.2) is 36.5 Å². The number of nitrogens with zero attached hydrogens (tertiary/aromatic N) is 1. The van der Waals surface area contributed by atoms with E-state index in [9.17, 15) is 9.59 Å². The molecule has 1 saturated carbocycles. The summed E-state index contributed by atoms with van der Waals surface area (Å²) in [7, 11) is 1.39. The molecule has 148 valence electrons. The van der Waals surface area contributed by atoms with Crippen molar-refractivity contribution in [3.05, 3.63) is 71.8 Å². The van der Waals surface area contributed by atoms with Crippen LogP contribution in [0, 0.1) is 0 Å². The lowest BCUT2D eigenvalue weighted by atomic mass is 9.87. The van der Waals surface area contributed by atoms with Crippen LogP contribution in [0.2, 0.25) is 0 Å². The zero-order chi connectivity index (χ0) is 19.8. The lowest BCUT2D eigenvalue weighted by molar-refractivity contribution is -0.142. The molecule has 0 bridgehead atoms. The monoisotopic (exact) mass is 379 g/mol. The number of methoxy groups -OCH3 is 1. The van der Waals surface area contributed by atoms with Crippen LogP contribution in [0.15, 0.2) is 60.7 Å². The van der Waals surface area contributed by atoms with Crippen LogP contribution in [0.4, 0.5) is 0 Å². The van der Waals surface area contributed by atoms with Crippen molar-refractivity contribution < 1.29 is 14.3 Å². The zero-order valence-corrected chi connectivity index (χ0v) is 16.5. The zero-order valence-electron chi connectivity index (χ0n) is 16.5. The van der Waals surface area contributed by atoms with Crippen molar-refractivity contribution in [2.75, 3.05) is 13.7 Å². The Hall–Kier alpha value is -2.62. The van der Waals surface area contributed by atoms with Gasteiger partial charge in [0.15, 0.2) is 0 Å². The first kappa shape index (κ1) is 20.1. The Balaban J connectivity index is 1.92. The molecular formula is C24H29NO3. The average Bonchev–Trinajstić information content (AvgIpc) is 2.76. The van der Waals surface area contributed by atoms with Crippen molar-refractivity contribution >= 4 is 11.9 Å². The van der Waals surface area contributed by atoms with Crippen molar-refractivity contribution in [2.24, 2.45) is 0 Å². The van der Waals surface area contributed by atoms with E-state index in [-0.39, 0.29) is 30.3 Å². The molecule has 1 amide bonds. The molecule has 0 spiro atoms. The van der Waals surface area contributed by atoms with Gasteiger partial charge in [-0.3, -0.25) is 9.59 Å². The van der Waals surface area contributed by atoms with Crippen molar-refractivity contribution in [2.45, 2.75) is 50.5 Å². The number of carbonyl (C=O) groups is 2. The molecule has 4 heteroatoms. The molecule has 2 aromatic carbocycles. The van der Waals surface area contributed by atoms with Gasteiger partial charge in [-0.2, -0.15) is 0 Å². The molecule has 0 aliphatic heterocycles. The first-order chi connectivity index (χ1) is 13.7. The van der Waals surface area contributed by atoms with Gasteiger partial charge in [-0.25, -0.2) is 0 Å². The van der Waals surface area contributed by atoms with Crippen LogP contribution in [0.3, 0.4) is 0 Å². The van der Waals surface area contributed by atoms with Gasteiger partial charge in [0.2, 0.25) is 5.91 Å². The summed E-state index contributed by atoms with van der Waals surface area (Å²) >= 11 is 0. The normalized spacial score (nSPS) is 14.6. The van der Waals surface area contributed by atoms with Crippen LogP contribution in [-0.2, 0) is 14.3 Å². The van der Waals surface area contributed by atoms with Gasteiger partial charge in [-0.1, -0.05) is 79.9 Å². The number of amides is 1. The van der Waals surface area contributed by atoms with E-state index in [0.717, 1.165) is 36.8 Å². The van der Waals surface area contributed by atoms with E-state index in [1.54, 1.807) is 0 Å². The second-order valence-electron chi connectivity index (χ2n) is 7.40. The number of hydrogen-bond acceptors (Lipinski definition) is 3. The minimum absolute atomic E-state index is 0.0770. The Labute approximate surface area is 167 Å². The summed E-state index contributed by atoms with van der Waals surface area (Å²) in [6, 6.07) is 20.0. The number of ether oxygens (including phenoxy) is 1. The Morgan fingerprint density at radius 1 is 0.929 bits per heavy atom. The molecule has 1 aliphatic rings. The highest BCUT2D eigenvalue weighted by Crippen LogP contribution is 2.31. The quantitative estimate of drug-likeness (QED) is 0.664. The Morgan fingerprint density at radius 2 is 1.46 bits per heavy atom. The molecule has 2 aromatic rings. The maximum Gasteiger partial charge on any atom is 0.307 e. The highest BCUT2D eigenvalue weighted by atomic mass is 16.5. The van der Waals surface area contributed by atoms with Gasteiger partial charge < -0.3 is 9.64 Å². The number of hydrogen-bond donors (Lipinski definition) is 0. The third kappa shape index (κ3) is 5.00. The topological polar surface area (TPSA) is 46.6 Å². The van der Waals surface area contributed by atoms with Crippen LogP contribution < -0.4 is 0 Å². The van der Waals surface area contributed by atoms with Gasteiger partial charge in [0.05, 0.1) is 19.4 Å². The van der Waals surface area contributed by atoms with Gasteiger partial charge in [-0.05, 0) is 24.0 Å². The Bertz CT molecular complexity index is 714. The largest absolute Gasteiger partial charge is 0.469 e. The summed E-state index contributed by atoms with van der Waals surface area (Å²) in [6.07, 6.45) is 5.72. The molecule has 28 heavy (non-hydrogen) atoms. The third-order valence-electron chi connectivity index (χ3n) is 5.60. The van der Waals surface area contributed by atoms with Gasteiger partial charge in [0, 0.05) is 12.6 Å². The number of benzene rings is 2. The second-order valence-corrected chi connectivity index (χ2v) is 7.40. The summed E-state index contributed by atoms with van der Waals surface area (Å²) in [5, 5.41) is 0. The summed E-state index contributed by atoms with van der Waals surface area (Å²) < 4.78 is 4.82. The van der Waals surface area contributed by atoms with Crippen molar-refractivity contribution in [3.8, 4) is 0 Å². The van der Waals surface area contributed by atoms with Gasteiger partial charge >= 0.3 is 5.97 Å². The Morgan fingerprint density at radius 3 is 1.96 bits per heavy atom. The van der Waals surface area contributed by atoms with E-state index in [2.05, 4.69) is 0 Å². The molecular weight excluding hydrogens is 350 g/mol. The molecule has 0 heterocycles. The fraction of sp³-hybridized carbons (Fsp3) is 0.417. The van der Waals surface area contributed by atoms with Gasteiger partial charge in [0.25, 0.3) is 0 Å². The van der Waals surface area contributed by atoms with Gasteiger partial charge in [0.1, 0.15) is 0 Å². The summed E-state index contributed by atoms with van der Waals surface area (Å²) in [5.74, 6) is -0.556. The summed E-state index contributed by atoms with van der Waals surface area (Å²) in [6.45, 7) is 0.409. The lowest BCUT2D eigenvalue weighted by Crippen LogP contribution is -2.45. The summed E-state index contributed by atoms with van der Waals surface area (Å²) in [5.41, 5.74) is 1.97. The molecule has 0 radical (unpaired) electrons. The molecule has 0 aromatic heterocycles. The third-order valence-corrected chi connectivity index (χ3v) is 5.60.